The maximum Gasteiger partial charge on any atom is 0.164 e. The number of rotatable bonds is 2. The van der Waals surface area contributed by atoms with Crippen LogP contribution in [0.2, 0.25) is 0 Å². The first-order valence-electron chi connectivity index (χ1n) is 9.10. The Morgan fingerprint density at radius 3 is 2.65 bits per heavy atom. The maximum absolute atomic E-state index is 5.89. The van der Waals surface area contributed by atoms with Crippen molar-refractivity contribution in [3.05, 3.63) is 23.3 Å². The molecule has 126 valence electrons. The molecule has 1 aromatic rings. The lowest BCUT2D eigenvalue weighted by atomic mass is 9.51. The number of ether oxygens (including phenoxy) is 2. The summed E-state index contributed by atoms with van der Waals surface area (Å²) in [5, 5.41) is 0. The summed E-state index contributed by atoms with van der Waals surface area (Å²) in [6.45, 7) is 1.28. The zero-order valence-electron chi connectivity index (χ0n) is 15.0. The fraction of sp³-hybridized carbons (Fsp3) is 0.700. The lowest BCUT2D eigenvalue weighted by molar-refractivity contribution is -0.927. The number of likely N-dealkylation sites (N-methyl/N-ethyl adjacent to an activating group) is 1. The van der Waals surface area contributed by atoms with Crippen molar-refractivity contribution >= 4 is 0 Å². The first kappa shape index (κ1) is 15.3. The van der Waals surface area contributed by atoms with Gasteiger partial charge in [-0.25, -0.2) is 0 Å². The molecule has 3 nitrogen and oxygen atoms in total. The monoisotopic (exact) mass is 316 g/mol. The van der Waals surface area contributed by atoms with Crippen molar-refractivity contribution in [2.24, 2.45) is 5.92 Å². The fourth-order valence-electron chi connectivity index (χ4n) is 6.01. The van der Waals surface area contributed by atoms with Crippen LogP contribution in [0.5, 0.6) is 11.5 Å². The third kappa shape index (κ3) is 1.98. The van der Waals surface area contributed by atoms with E-state index in [0.29, 0.717) is 5.41 Å². The number of methoxy groups -OCH3 is 2. The van der Waals surface area contributed by atoms with Crippen LogP contribution in [0.4, 0.5) is 0 Å². The van der Waals surface area contributed by atoms with Crippen LogP contribution in [-0.2, 0) is 11.8 Å². The molecule has 2 fully saturated rings. The Balaban J connectivity index is 1.95. The van der Waals surface area contributed by atoms with E-state index in [4.69, 9.17) is 9.47 Å². The van der Waals surface area contributed by atoms with E-state index in [-0.39, 0.29) is 0 Å². The predicted molar refractivity (Wildman–Crippen MR) is 92.3 cm³/mol. The summed E-state index contributed by atoms with van der Waals surface area (Å²) in [4.78, 5) is 0. The molecule has 3 heteroatoms. The van der Waals surface area contributed by atoms with Crippen LogP contribution in [0.15, 0.2) is 12.1 Å². The molecule has 3 atom stereocenters. The van der Waals surface area contributed by atoms with Gasteiger partial charge in [-0.3, -0.25) is 0 Å². The van der Waals surface area contributed by atoms with Gasteiger partial charge in [0.2, 0.25) is 0 Å². The summed E-state index contributed by atoms with van der Waals surface area (Å²) in [7, 11) is 8.44. The highest BCUT2D eigenvalue weighted by Gasteiger charge is 2.59. The van der Waals surface area contributed by atoms with Gasteiger partial charge in [0, 0.05) is 29.7 Å². The molecule has 1 heterocycles. The van der Waals surface area contributed by atoms with Crippen molar-refractivity contribution in [1.29, 1.82) is 0 Å². The number of likely N-dealkylation sites (tertiary alicyclic amines) is 1. The van der Waals surface area contributed by atoms with Crippen molar-refractivity contribution in [1.82, 2.24) is 0 Å². The van der Waals surface area contributed by atoms with E-state index in [1.165, 1.54) is 60.7 Å². The Morgan fingerprint density at radius 1 is 1.09 bits per heavy atom. The minimum absolute atomic E-state index is 0.324. The Labute approximate surface area is 140 Å². The predicted octanol–water partition coefficient (Wildman–Crippen LogP) is 3.54. The third-order valence-corrected chi connectivity index (χ3v) is 7.15. The lowest BCUT2D eigenvalue weighted by Gasteiger charge is -2.60. The van der Waals surface area contributed by atoms with E-state index in [2.05, 4.69) is 26.2 Å². The third-order valence-electron chi connectivity index (χ3n) is 7.15. The van der Waals surface area contributed by atoms with Crippen molar-refractivity contribution in [3.8, 4) is 11.5 Å². The van der Waals surface area contributed by atoms with E-state index in [1.807, 2.05) is 7.11 Å². The van der Waals surface area contributed by atoms with Crippen LogP contribution in [0.25, 0.3) is 0 Å². The molecule has 4 rings (SSSR count). The molecule has 0 aromatic heterocycles. The van der Waals surface area contributed by atoms with Crippen LogP contribution in [0.3, 0.4) is 0 Å². The molecule has 1 aliphatic heterocycles. The second-order valence-corrected chi connectivity index (χ2v) is 8.37. The van der Waals surface area contributed by atoms with E-state index >= 15 is 0 Å². The van der Waals surface area contributed by atoms with Crippen LogP contribution in [0.1, 0.15) is 43.2 Å². The molecule has 1 saturated heterocycles. The maximum atomic E-state index is 5.89. The van der Waals surface area contributed by atoms with Crippen LogP contribution in [0, 0.1) is 5.92 Å². The quantitative estimate of drug-likeness (QED) is 0.777. The molecular formula is C20H30NO2+. The zero-order valence-corrected chi connectivity index (χ0v) is 15.0. The number of hydrogen-bond donors (Lipinski definition) is 0. The molecule has 2 bridgehead atoms. The Bertz CT molecular complexity index is 624. The van der Waals surface area contributed by atoms with Crippen molar-refractivity contribution < 1.29 is 14.0 Å². The van der Waals surface area contributed by atoms with Gasteiger partial charge in [-0.1, -0.05) is 18.9 Å². The summed E-state index contributed by atoms with van der Waals surface area (Å²) in [6, 6.07) is 5.17. The van der Waals surface area contributed by atoms with Crippen molar-refractivity contribution in [3.63, 3.8) is 0 Å². The van der Waals surface area contributed by atoms with E-state index in [9.17, 15) is 0 Å². The summed E-state index contributed by atoms with van der Waals surface area (Å²) in [6.07, 6.45) is 7.94. The van der Waals surface area contributed by atoms with Gasteiger partial charge in [0.05, 0.1) is 40.9 Å². The molecule has 3 aliphatic rings. The average molecular weight is 316 g/mol. The normalized spacial score (nSPS) is 34.3. The number of piperidine rings is 1. The van der Waals surface area contributed by atoms with Crippen LogP contribution < -0.4 is 9.47 Å². The Morgan fingerprint density at radius 2 is 1.91 bits per heavy atom. The molecule has 0 N–H and O–H groups in total. The van der Waals surface area contributed by atoms with Gasteiger partial charge >= 0.3 is 0 Å². The number of benzene rings is 1. The van der Waals surface area contributed by atoms with Gasteiger partial charge in [-0.15, -0.1) is 0 Å². The highest BCUT2D eigenvalue weighted by Crippen LogP contribution is 2.60. The summed E-state index contributed by atoms with van der Waals surface area (Å²) < 4.78 is 12.7. The zero-order chi connectivity index (χ0) is 16.2. The highest BCUT2D eigenvalue weighted by atomic mass is 16.5. The molecule has 0 spiro atoms. The number of fused-ring (bicyclic) bond motifs is 1. The molecule has 2 unspecified atom stereocenters. The molecule has 0 radical (unpaired) electrons. The fourth-order valence-corrected chi connectivity index (χ4v) is 6.01. The van der Waals surface area contributed by atoms with Crippen LogP contribution in [-0.4, -0.2) is 45.4 Å². The average Bonchev–Trinajstić information content (AvgIpc) is 2.57. The van der Waals surface area contributed by atoms with E-state index in [1.54, 1.807) is 7.11 Å². The van der Waals surface area contributed by atoms with E-state index in [0.717, 1.165) is 23.5 Å². The van der Waals surface area contributed by atoms with Gasteiger partial charge in [-0.2, -0.15) is 0 Å². The number of quaternary nitrogens is 1. The van der Waals surface area contributed by atoms with Gasteiger partial charge in [0.1, 0.15) is 0 Å². The summed E-state index contributed by atoms with van der Waals surface area (Å²) >= 11 is 0. The van der Waals surface area contributed by atoms with Gasteiger partial charge in [-0.05, 0) is 24.5 Å². The van der Waals surface area contributed by atoms with Gasteiger partial charge < -0.3 is 14.0 Å². The van der Waals surface area contributed by atoms with Gasteiger partial charge in [0.25, 0.3) is 0 Å². The molecule has 0 amide bonds. The second-order valence-electron chi connectivity index (χ2n) is 8.37. The SMILES string of the molecule is COc1ccc2c(c1OC)C13CCCC[C@H]1C(C2)[N+](C)(C)CC3. The first-order valence-corrected chi connectivity index (χ1v) is 9.10. The number of hydrogen-bond acceptors (Lipinski definition) is 2. The molecule has 2 aliphatic carbocycles. The molecule has 23 heavy (non-hydrogen) atoms. The highest BCUT2D eigenvalue weighted by molar-refractivity contribution is 5.57. The molecule has 1 saturated carbocycles. The Kier molecular flexibility index (Phi) is 3.42. The minimum atomic E-state index is 0.324. The van der Waals surface area contributed by atoms with E-state index < -0.39 is 0 Å². The van der Waals surface area contributed by atoms with Crippen LogP contribution >= 0.6 is 0 Å². The molecule has 1 aromatic carbocycles. The lowest BCUT2D eigenvalue weighted by Crippen LogP contribution is -2.66. The smallest absolute Gasteiger partial charge is 0.164 e. The largest absolute Gasteiger partial charge is 0.493 e. The van der Waals surface area contributed by atoms with Crippen molar-refractivity contribution in [2.45, 2.75) is 50.0 Å². The summed E-state index contributed by atoms with van der Waals surface area (Å²) in [5.41, 5.74) is 3.33. The summed E-state index contributed by atoms with van der Waals surface area (Å²) in [5.74, 6) is 2.72. The Hall–Kier alpha value is -1.22. The second kappa shape index (κ2) is 5.14. The number of nitrogens with zero attached hydrogens (tertiary/aromatic N) is 1. The van der Waals surface area contributed by atoms with Crippen molar-refractivity contribution in [2.75, 3.05) is 34.9 Å². The first-order chi connectivity index (χ1) is 11.0. The standard InChI is InChI=1S/C20H30NO2/c1-21(2)12-11-20-10-6-5-7-15(20)16(21)13-14-8-9-17(22-3)19(23-4)18(14)20/h8-9,15-16H,5-7,10-13H2,1-4H3/q+1/t15-,16?,20?/m0/s1. The topological polar surface area (TPSA) is 18.5 Å². The molecular weight excluding hydrogens is 286 g/mol. The van der Waals surface area contributed by atoms with Gasteiger partial charge in [0.15, 0.2) is 11.5 Å². The minimum Gasteiger partial charge on any atom is -0.493 e.